The first-order valence-corrected chi connectivity index (χ1v) is 7.28. The SMILES string of the molecule is CC[C@@H](C)[C@](C)(O)CNC(=O)Cc1ccc(Cl)s1. The highest BCUT2D eigenvalue weighted by molar-refractivity contribution is 7.16. The van der Waals surface area contributed by atoms with Crippen molar-refractivity contribution in [3.05, 3.63) is 21.3 Å². The summed E-state index contributed by atoms with van der Waals surface area (Å²) in [6.07, 6.45) is 1.19. The Morgan fingerprint density at radius 3 is 2.78 bits per heavy atom. The Bertz CT molecular complexity index is 403. The van der Waals surface area contributed by atoms with Gasteiger partial charge in [0.2, 0.25) is 5.91 Å². The smallest absolute Gasteiger partial charge is 0.225 e. The van der Waals surface area contributed by atoms with E-state index in [1.807, 2.05) is 19.9 Å². The summed E-state index contributed by atoms with van der Waals surface area (Å²) >= 11 is 7.20. The van der Waals surface area contributed by atoms with Crippen LogP contribution in [-0.4, -0.2) is 23.2 Å². The zero-order valence-corrected chi connectivity index (χ0v) is 12.6. The highest BCUT2D eigenvalue weighted by Crippen LogP contribution is 2.22. The second-order valence-corrected chi connectivity index (χ2v) is 6.63. The van der Waals surface area contributed by atoms with Crippen molar-refractivity contribution in [1.82, 2.24) is 5.32 Å². The molecule has 102 valence electrons. The molecule has 18 heavy (non-hydrogen) atoms. The molecule has 0 aliphatic rings. The van der Waals surface area contributed by atoms with Crippen LogP contribution in [0.25, 0.3) is 0 Å². The van der Waals surface area contributed by atoms with Gasteiger partial charge >= 0.3 is 0 Å². The first kappa shape index (κ1) is 15.5. The molecule has 0 aliphatic carbocycles. The molecule has 2 N–H and O–H groups in total. The minimum Gasteiger partial charge on any atom is -0.388 e. The van der Waals surface area contributed by atoms with E-state index in [1.54, 1.807) is 13.0 Å². The van der Waals surface area contributed by atoms with E-state index >= 15 is 0 Å². The van der Waals surface area contributed by atoms with E-state index in [4.69, 9.17) is 11.6 Å². The minimum atomic E-state index is -0.864. The summed E-state index contributed by atoms with van der Waals surface area (Å²) in [6, 6.07) is 3.63. The molecule has 0 saturated heterocycles. The van der Waals surface area contributed by atoms with Crippen LogP contribution in [0, 0.1) is 5.92 Å². The predicted molar refractivity (Wildman–Crippen MR) is 76.1 cm³/mol. The summed E-state index contributed by atoms with van der Waals surface area (Å²) in [4.78, 5) is 12.7. The molecule has 0 radical (unpaired) electrons. The van der Waals surface area contributed by atoms with Gasteiger partial charge < -0.3 is 10.4 Å². The van der Waals surface area contributed by atoms with Crippen LogP contribution in [0.3, 0.4) is 0 Å². The number of hydrogen-bond acceptors (Lipinski definition) is 3. The van der Waals surface area contributed by atoms with E-state index in [9.17, 15) is 9.90 Å². The normalized spacial score (nSPS) is 16.1. The fraction of sp³-hybridized carbons (Fsp3) is 0.615. The Hall–Kier alpha value is -0.580. The van der Waals surface area contributed by atoms with Crippen molar-refractivity contribution in [2.24, 2.45) is 5.92 Å². The van der Waals surface area contributed by atoms with Gasteiger partial charge in [0.25, 0.3) is 0 Å². The van der Waals surface area contributed by atoms with E-state index in [-0.39, 0.29) is 18.4 Å². The second-order valence-electron chi connectivity index (χ2n) is 4.83. The zero-order valence-electron chi connectivity index (χ0n) is 11.0. The van der Waals surface area contributed by atoms with E-state index < -0.39 is 5.60 Å². The van der Waals surface area contributed by atoms with Crippen LogP contribution in [0.4, 0.5) is 0 Å². The maximum atomic E-state index is 11.7. The van der Waals surface area contributed by atoms with E-state index in [2.05, 4.69) is 5.32 Å². The quantitative estimate of drug-likeness (QED) is 0.846. The van der Waals surface area contributed by atoms with Gasteiger partial charge in [0.15, 0.2) is 0 Å². The molecule has 0 unspecified atom stereocenters. The van der Waals surface area contributed by atoms with Crippen molar-refractivity contribution in [3.8, 4) is 0 Å². The van der Waals surface area contributed by atoms with Gasteiger partial charge in [0, 0.05) is 11.4 Å². The van der Waals surface area contributed by atoms with Crippen molar-refractivity contribution in [2.45, 2.75) is 39.2 Å². The highest BCUT2D eigenvalue weighted by atomic mass is 35.5. The van der Waals surface area contributed by atoms with Crippen molar-refractivity contribution in [3.63, 3.8) is 0 Å². The second kappa shape index (κ2) is 6.55. The maximum Gasteiger partial charge on any atom is 0.225 e. The van der Waals surface area contributed by atoms with Crippen molar-refractivity contribution < 1.29 is 9.90 Å². The van der Waals surface area contributed by atoms with Gasteiger partial charge in [-0.15, -0.1) is 11.3 Å². The summed E-state index contributed by atoms with van der Waals surface area (Å²) in [7, 11) is 0. The predicted octanol–water partition coefficient (Wildman–Crippen LogP) is 2.86. The van der Waals surface area contributed by atoms with Gasteiger partial charge in [-0.3, -0.25) is 4.79 Å². The third-order valence-corrected chi connectivity index (χ3v) is 4.51. The van der Waals surface area contributed by atoms with Gasteiger partial charge in [-0.05, 0) is 25.0 Å². The topological polar surface area (TPSA) is 49.3 Å². The summed E-state index contributed by atoms with van der Waals surface area (Å²) < 4.78 is 0.685. The van der Waals surface area contributed by atoms with Crippen LogP contribution in [0.5, 0.6) is 0 Å². The third-order valence-electron chi connectivity index (χ3n) is 3.28. The van der Waals surface area contributed by atoms with E-state index in [1.165, 1.54) is 11.3 Å². The minimum absolute atomic E-state index is 0.0860. The lowest BCUT2D eigenvalue weighted by molar-refractivity contribution is -0.122. The van der Waals surface area contributed by atoms with Crippen LogP contribution in [0.15, 0.2) is 12.1 Å². The fourth-order valence-corrected chi connectivity index (χ4v) is 2.65. The van der Waals surface area contributed by atoms with E-state index in [0.29, 0.717) is 10.8 Å². The molecule has 5 heteroatoms. The number of halogens is 1. The number of carbonyl (C=O) groups is 1. The summed E-state index contributed by atoms with van der Waals surface area (Å²) in [5.41, 5.74) is -0.864. The molecule has 1 rings (SSSR count). The average molecular weight is 290 g/mol. The van der Waals surface area contributed by atoms with Crippen molar-refractivity contribution >= 4 is 28.8 Å². The standard InChI is InChI=1S/C13H20ClNO2S/c1-4-9(2)13(3,17)8-15-12(16)7-10-5-6-11(14)18-10/h5-6,9,17H,4,7-8H2,1-3H3,(H,15,16)/t9-,13-/m1/s1. The summed E-state index contributed by atoms with van der Waals surface area (Å²) in [5.74, 6) is 0.0612. The molecule has 0 spiro atoms. The van der Waals surface area contributed by atoms with Crippen molar-refractivity contribution in [1.29, 1.82) is 0 Å². The molecule has 3 nitrogen and oxygen atoms in total. The van der Waals surface area contributed by atoms with Gasteiger partial charge in [0.05, 0.1) is 16.4 Å². The first-order valence-electron chi connectivity index (χ1n) is 6.08. The molecular weight excluding hydrogens is 270 g/mol. The lowest BCUT2D eigenvalue weighted by Gasteiger charge is -2.29. The number of thiophene rings is 1. The van der Waals surface area contributed by atoms with Gasteiger partial charge in [-0.25, -0.2) is 0 Å². The number of nitrogens with one attached hydrogen (secondary N) is 1. The molecule has 1 aromatic heterocycles. The molecule has 1 aromatic rings. The Balaban J connectivity index is 2.42. The number of rotatable bonds is 6. The molecule has 0 aromatic carbocycles. The van der Waals surface area contributed by atoms with Crippen molar-refractivity contribution in [2.75, 3.05) is 6.54 Å². The molecule has 0 aliphatic heterocycles. The molecule has 0 fully saturated rings. The van der Waals surface area contributed by atoms with E-state index in [0.717, 1.165) is 11.3 Å². The Morgan fingerprint density at radius 2 is 2.28 bits per heavy atom. The molecule has 1 amide bonds. The number of hydrogen-bond donors (Lipinski definition) is 2. The average Bonchev–Trinajstić information content (AvgIpc) is 2.71. The Morgan fingerprint density at radius 1 is 1.61 bits per heavy atom. The molecule has 0 bridgehead atoms. The molecular formula is C13H20ClNO2S. The number of amides is 1. The number of carbonyl (C=O) groups excluding carboxylic acids is 1. The highest BCUT2D eigenvalue weighted by Gasteiger charge is 2.27. The summed E-state index contributed by atoms with van der Waals surface area (Å²) in [6.45, 7) is 6.03. The van der Waals surface area contributed by atoms with Gasteiger partial charge in [0.1, 0.15) is 0 Å². The molecule has 2 atom stereocenters. The number of aliphatic hydroxyl groups is 1. The lowest BCUT2D eigenvalue weighted by Crippen LogP contribution is -2.45. The maximum absolute atomic E-state index is 11.7. The van der Waals surface area contributed by atoms with Crippen LogP contribution >= 0.6 is 22.9 Å². The molecule has 1 heterocycles. The van der Waals surface area contributed by atoms with Crippen LogP contribution in [-0.2, 0) is 11.2 Å². The van der Waals surface area contributed by atoms with Gasteiger partial charge in [-0.1, -0.05) is 31.9 Å². The summed E-state index contributed by atoms with van der Waals surface area (Å²) in [5, 5.41) is 12.9. The largest absolute Gasteiger partial charge is 0.388 e. The monoisotopic (exact) mass is 289 g/mol. The zero-order chi connectivity index (χ0) is 13.8. The lowest BCUT2D eigenvalue weighted by atomic mass is 9.88. The first-order chi connectivity index (χ1) is 8.35. The molecule has 0 saturated carbocycles. The van der Waals surface area contributed by atoms with Crippen LogP contribution < -0.4 is 5.32 Å². The fourth-order valence-electron chi connectivity index (χ4n) is 1.56. The van der Waals surface area contributed by atoms with Gasteiger partial charge in [-0.2, -0.15) is 0 Å². The van der Waals surface area contributed by atoms with Crippen LogP contribution in [0.2, 0.25) is 4.34 Å². The van der Waals surface area contributed by atoms with Crippen LogP contribution in [0.1, 0.15) is 32.1 Å². The Kier molecular flexibility index (Phi) is 5.63. The third kappa shape index (κ3) is 4.59. The Labute approximate surface area is 117 Å².